The van der Waals surface area contributed by atoms with Gasteiger partial charge in [-0.2, -0.15) is 0 Å². The number of aliphatic hydroxyl groups is 1. The lowest BCUT2D eigenvalue weighted by Gasteiger charge is -2.38. The van der Waals surface area contributed by atoms with Crippen molar-refractivity contribution in [2.45, 2.75) is 65.4 Å². The normalized spacial score (nSPS) is 12.6. The van der Waals surface area contributed by atoms with Gasteiger partial charge in [0.25, 0.3) is 5.91 Å². The first kappa shape index (κ1) is 17.7. The SMILES string of the molecule is CC(C)OCc1ccc(C(=O)NC(C)(C)C(C)(C)O)cc1. The van der Waals surface area contributed by atoms with Crippen molar-refractivity contribution in [3.05, 3.63) is 35.4 Å². The van der Waals surface area contributed by atoms with Gasteiger partial charge in [0.05, 0.1) is 23.9 Å². The minimum absolute atomic E-state index is 0.181. The molecule has 0 aromatic heterocycles. The Morgan fingerprint density at radius 1 is 1.19 bits per heavy atom. The first-order valence-electron chi connectivity index (χ1n) is 7.28. The number of benzene rings is 1. The Hall–Kier alpha value is -1.39. The highest BCUT2D eigenvalue weighted by Gasteiger charge is 2.36. The number of ether oxygens (including phenoxy) is 1. The van der Waals surface area contributed by atoms with Gasteiger partial charge in [-0.3, -0.25) is 4.79 Å². The summed E-state index contributed by atoms with van der Waals surface area (Å²) >= 11 is 0. The fourth-order valence-corrected chi connectivity index (χ4v) is 1.52. The van der Waals surface area contributed by atoms with Crippen molar-refractivity contribution < 1.29 is 14.6 Å². The van der Waals surface area contributed by atoms with Crippen LogP contribution in [0.3, 0.4) is 0 Å². The van der Waals surface area contributed by atoms with E-state index in [1.807, 2.05) is 26.0 Å². The van der Waals surface area contributed by atoms with E-state index in [1.165, 1.54) is 0 Å². The molecule has 0 saturated carbocycles. The van der Waals surface area contributed by atoms with Gasteiger partial charge in [-0.1, -0.05) is 12.1 Å². The van der Waals surface area contributed by atoms with Gasteiger partial charge in [-0.15, -0.1) is 0 Å². The summed E-state index contributed by atoms with van der Waals surface area (Å²) < 4.78 is 5.52. The molecule has 1 aromatic rings. The molecular weight excluding hydrogens is 266 g/mol. The van der Waals surface area contributed by atoms with Crippen LogP contribution in [0.25, 0.3) is 0 Å². The van der Waals surface area contributed by atoms with Crippen LogP contribution in [0.2, 0.25) is 0 Å². The Labute approximate surface area is 127 Å². The fraction of sp³-hybridized carbons (Fsp3) is 0.588. The maximum Gasteiger partial charge on any atom is 0.251 e. The number of carbonyl (C=O) groups excluding carboxylic acids is 1. The predicted octanol–water partition coefficient (Wildman–Crippen LogP) is 2.89. The van der Waals surface area contributed by atoms with Crippen molar-refractivity contribution in [1.29, 1.82) is 0 Å². The van der Waals surface area contributed by atoms with Gasteiger partial charge < -0.3 is 15.2 Å². The molecule has 0 radical (unpaired) electrons. The van der Waals surface area contributed by atoms with Gasteiger partial charge >= 0.3 is 0 Å². The fourth-order valence-electron chi connectivity index (χ4n) is 1.52. The Kier molecular flexibility index (Phi) is 5.54. The van der Waals surface area contributed by atoms with Crippen molar-refractivity contribution >= 4 is 5.91 Å². The second kappa shape index (κ2) is 6.58. The van der Waals surface area contributed by atoms with Crippen LogP contribution in [-0.2, 0) is 11.3 Å². The number of amides is 1. The Balaban J connectivity index is 2.72. The molecule has 1 aromatic carbocycles. The molecule has 0 spiro atoms. The average Bonchev–Trinajstić information content (AvgIpc) is 2.35. The summed E-state index contributed by atoms with van der Waals surface area (Å²) in [6.07, 6.45) is 0.181. The largest absolute Gasteiger partial charge is 0.388 e. The third kappa shape index (κ3) is 5.14. The molecule has 0 heterocycles. The lowest BCUT2D eigenvalue weighted by Crippen LogP contribution is -2.57. The van der Waals surface area contributed by atoms with E-state index in [-0.39, 0.29) is 12.0 Å². The molecule has 21 heavy (non-hydrogen) atoms. The monoisotopic (exact) mass is 293 g/mol. The zero-order valence-electron chi connectivity index (χ0n) is 13.9. The van der Waals surface area contributed by atoms with E-state index >= 15 is 0 Å². The first-order valence-corrected chi connectivity index (χ1v) is 7.28. The smallest absolute Gasteiger partial charge is 0.251 e. The highest BCUT2D eigenvalue weighted by atomic mass is 16.5. The molecule has 0 aliphatic heterocycles. The lowest BCUT2D eigenvalue weighted by molar-refractivity contribution is -0.00292. The van der Waals surface area contributed by atoms with E-state index in [0.29, 0.717) is 12.2 Å². The number of hydrogen-bond acceptors (Lipinski definition) is 3. The van der Waals surface area contributed by atoms with Crippen LogP contribution in [0.5, 0.6) is 0 Å². The van der Waals surface area contributed by atoms with Crippen molar-refractivity contribution in [2.75, 3.05) is 0 Å². The molecule has 118 valence electrons. The van der Waals surface area contributed by atoms with Gasteiger partial charge in [0.2, 0.25) is 0 Å². The van der Waals surface area contributed by atoms with E-state index in [0.717, 1.165) is 5.56 Å². The second-order valence-corrected chi connectivity index (χ2v) is 6.69. The zero-order valence-corrected chi connectivity index (χ0v) is 13.9. The highest BCUT2D eigenvalue weighted by molar-refractivity contribution is 5.94. The molecule has 0 saturated heterocycles. The summed E-state index contributed by atoms with van der Waals surface area (Å²) in [6.45, 7) is 11.5. The maximum absolute atomic E-state index is 12.2. The second-order valence-electron chi connectivity index (χ2n) is 6.69. The quantitative estimate of drug-likeness (QED) is 0.848. The van der Waals surface area contributed by atoms with Crippen molar-refractivity contribution in [3.8, 4) is 0 Å². The summed E-state index contributed by atoms with van der Waals surface area (Å²) in [5.74, 6) is -0.196. The van der Waals surface area contributed by atoms with Crippen LogP contribution in [0.1, 0.15) is 57.5 Å². The highest BCUT2D eigenvalue weighted by Crippen LogP contribution is 2.21. The summed E-state index contributed by atoms with van der Waals surface area (Å²) in [5, 5.41) is 12.9. The van der Waals surface area contributed by atoms with Gasteiger partial charge in [0, 0.05) is 5.56 Å². The minimum Gasteiger partial charge on any atom is -0.388 e. The molecule has 0 aliphatic carbocycles. The molecule has 1 amide bonds. The van der Waals surface area contributed by atoms with E-state index in [2.05, 4.69) is 5.32 Å². The zero-order chi connectivity index (χ0) is 16.3. The third-order valence-corrected chi connectivity index (χ3v) is 3.75. The topological polar surface area (TPSA) is 58.6 Å². The predicted molar refractivity (Wildman–Crippen MR) is 84.2 cm³/mol. The molecule has 0 bridgehead atoms. The summed E-state index contributed by atoms with van der Waals surface area (Å²) in [5.41, 5.74) is -0.125. The van der Waals surface area contributed by atoms with Crippen molar-refractivity contribution in [1.82, 2.24) is 5.32 Å². The Bertz CT molecular complexity index is 470. The van der Waals surface area contributed by atoms with Gasteiger partial charge in [0.15, 0.2) is 0 Å². The van der Waals surface area contributed by atoms with Gasteiger partial charge in [-0.25, -0.2) is 0 Å². The molecule has 4 nitrogen and oxygen atoms in total. The van der Waals surface area contributed by atoms with Crippen LogP contribution < -0.4 is 5.32 Å². The van der Waals surface area contributed by atoms with Crippen LogP contribution in [-0.4, -0.2) is 28.3 Å². The number of carbonyl (C=O) groups is 1. The van der Waals surface area contributed by atoms with Gasteiger partial charge in [-0.05, 0) is 59.2 Å². The lowest BCUT2D eigenvalue weighted by atomic mass is 9.85. The third-order valence-electron chi connectivity index (χ3n) is 3.75. The first-order chi connectivity index (χ1) is 9.53. The minimum atomic E-state index is -1.01. The van der Waals surface area contributed by atoms with Gasteiger partial charge in [0.1, 0.15) is 0 Å². The van der Waals surface area contributed by atoms with Crippen LogP contribution in [0, 0.1) is 0 Å². The Morgan fingerprint density at radius 3 is 2.14 bits per heavy atom. The maximum atomic E-state index is 12.2. The standard InChI is InChI=1S/C17H27NO3/c1-12(2)21-11-13-7-9-14(10-8-13)15(19)18-16(3,4)17(5,6)20/h7-10,12,20H,11H2,1-6H3,(H,18,19). The van der Waals surface area contributed by atoms with Crippen LogP contribution in [0.15, 0.2) is 24.3 Å². The van der Waals surface area contributed by atoms with Crippen LogP contribution >= 0.6 is 0 Å². The number of rotatable bonds is 6. The summed E-state index contributed by atoms with van der Waals surface area (Å²) in [7, 11) is 0. The number of hydrogen-bond donors (Lipinski definition) is 2. The molecular formula is C17H27NO3. The average molecular weight is 293 g/mol. The molecule has 4 heteroatoms. The Morgan fingerprint density at radius 2 is 1.71 bits per heavy atom. The number of nitrogens with one attached hydrogen (secondary N) is 1. The van der Waals surface area contributed by atoms with Crippen LogP contribution in [0.4, 0.5) is 0 Å². The van der Waals surface area contributed by atoms with Crippen molar-refractivity contribution in [3.63, 3.8) is 0 Å². The van der Waals surface area contributed by atoms with E-state index in [9.17, 15) is 9.90 Å². The molecule has 0 fully saturated rings. The molecule has 0 aliphatic rings. The molecule has 1 rings (SSSR count). The van der Waals surface area contributed by atoms with Crippen molar-refractivity contribution in [2.24, 2.45) is 0 Å². The summed E-state index contributed by atoms with van der Waals surface area (Å²) in [4.78, 5) is 12.2. The summed E-state index contributed by atoms with van der Waals surface area (Å²) in [6, 6.07) is 7.31. The van der Waals surface area contributed by atoms with E-state index < -0.39 is 11.1 Å². The molecule has 0 atom stereocenters. The van der Waals surface area contributed by atoms with E-state index in [1.54, 1.807) is 39.8 Å². The molecule has 2 N–H and O–H groups in total. The molecule has 0 unspecified atom stereocenters. The van der Waals surface area contributed by atoms with E-state index in [4.69, 9.17) is 4.74 Å².